The van der Waals surface area contributed by atoms with Crippen LogP contribution in [0.15, 0.2) is 18.2 Å². The highest BCUT2D eigenvalue weighted by Crippen LogP contribution is 2.17. The van der Waals surface area contributed by atoms with Crippen LogP contribution in [0.4, 0.5) is 0 Å². The minimum atomic E-state index is -0.937. The molecule has 0 unspecified atom stereocenters. The first-order valence-electron chi connectivity index (χ1n) is 5.72. The first kappa shape index (κ1) is 13.5. The second kappa shape index (κ2) is 6.91. The van der Waals surface area contributed by atoms with E-state index in [9.17, 15) is 4.79 Å². The highest BCUT2D eigenvalue weighted by Gasteiger charge is 2.08. The smallest absolute Gasteiger partial charge is 0.336 e. The quantitative estimate of drug-likeness (QED) is 0.715. The number of ether oxygens (including phenoxy) is 1. The molecule has 17 heavy (non-hydrogen) atoms. The van der Waals surface area contributed by atoms with Crippen LogP contribution in [-0.4, -0.2) is 29.4 Å². The van der Waals surface area contributed by atoms with Gasteiger partial charge in [-0.25, -0.2) is 4.79 Å². The van der Waals surface area contributed by atoms with E-state index in [4.69, 9.17) is 14.9 Å². The van der Waals surface area contributed by atoms with Gasteiger partial charge in [-0.2, -0.15) is 0 Å². The second-order valence-corrected chi connectivity index (χ2v) is 3.91. The van der Waals surface area contributed by atoms with Crippen molar-refractivity contribution in [2.24, 2.45) is 0 Å². The number of aryl methyl sites for hydroxylation is 1. The van der Waals surface area contributed by atoms with Crippen molar-refractivity contribution in [3.05, 3.63) is 29.3 Å². The molecule has 1 rings (SSSR count). The lowest BCUT2D eigenvalue weighted by Crippen LogP contribution is -2.02. The number of aromatic carboxylic acids is 1. The number of carboxylic acids is 1. The van der Waals surface area contributed by atoms with E-state index >= 15 is 0 Å². The van der Waals surface area contributed by atoms with Crippen LogP contribution >= 0.6 is 0 Å². The van der Waals surface area contributed by atoms with E-state index < -0.39 is 5.97 Å². The van der Waals surface area contributed by atoms with Crippen LogP contribution in [-0.2, 0) is 0 Å². The van der Waals surface area contributed by atoms with Gasteiger partial charge >= 0.3 is 5.97 Å². The van der Waals surface area contributed by atoms with Gasteiger partial charge < -0.3 is 14.9 Å². The molecular formula is C13H18O4. The van der Waals surface area contributed by atoms with Crippen molar-refractivity contribution < 1.29 is 19.7 Å². The van der Waals surface area contributed by atoms with E-state index in [1.807, 2.05) is 0 Å². The number of hydrogen-bond acceptors (Lipinski definition) is 3. The van der Waals surface area contributed by atoms with Gasteiger partial charge in [-0.15, -0.1) is 0 Å². The van der Waals surface area contributed by atoms with Crippen molar-refractivity contribution in [1.29, 1.82) is 0 Å². The molecule has 0 atom stereocenters. The summed E-state index contributed by atoms with van der Waals surface area (Å²) in [6.45, 7) is 2.50. The van der Waals surface area contributed by atoms with Gasteiger partial charge in [0.05, 0.1) is 12.2 Å². The van der Waals surface area contributed by atoms with Crippen LogP contribution in [0.5, 0.6) is 5.75 Å². The summed E-state index contributed by atoms with van der Waals surface area (Å²) >= 11 is 0. The van der Waals surface area contributed by atoms with Gasteiger partial charge in [0, 0.05) is 6.61 Å². The van der Waals surface area contributed by atoms with E-state index in [0.29, 0.717) is 12.4 Å². The number of rotatable bonds is 7. The summed E-state index contributed by atoms with van der Waals surface area (Å²) in [6.07, 6.45) is 2.54. The maximum Gasteiger partial charge on any atom is 0.336 e. The number of aliphatic hydroxyl groups is 1. The van der Waals surface area contributed by atoms with E-state index in [1.165, 1.54) is 0 Å². The molecule has 1 aromatic rings. The SMILES string of the molecule is Cc1ccc(OCCCCCO)cc1C(=O)O. The Balaban J connectivity index is 2.49. The minimum absolute atomic E-state index is 0.202. The molecule has 0 saturated carbocycles. The molecule has 4 heteroatoms. The predicted molar refractivity (Wildman–Crippen MR) is 64.6 cm³/mol. The fourth-order valence-electron chi connectivity index (χ4n) is 1.50. The number of carboxylic acid groups (broad SMARTS) is 1. The Kier molecular flexibility index (Phi) is 5.49. The van der Waals surface area contributed by atoms with Crippen molar-refractivity contribution in [2.75, 3.05) is 13.2 Å². The molecule has 0 fully saturated rings. The van der Waals surface area contributed by atoms with Gasteiger partial charge in [-0.1, -0.05) is 6.07 Å². The molecule has 0 saturated heterocycles. The van der Waals surface area contributed by atoms with Gasteiger partial charge in [0.2, 0.25) is 0 Å². The third-order valence-corrected chi connectivity index (χ3v) is 2.51. The largest absolute Gasteiger partial charge is 0.494 e. The molecule has 0 aromatic heterocycles. The molecule has 0 heterocycles. The number of carbonyl (C=O) groups is 1. The minimum Gasteiger partial charge on any atom is -0.494 e. The molecule has 1 aromatic carbocycles. The second-order valence-electron chi connectivity index (χ2n) is 3.91. The Bertz CT molecular complexity index is 374. The van der Waals surface area contributed by atoms with Gasteiger partial charge in [0.25, 0.3) is 0 Å². The Morgan fingerprint density at radius 2 is 2.06 bits per heavy atom. The highest BCUT2D eigenvalue weighted by molar-refractivity contribution is 5.89. The first-order chi connectivity index (χ1) is 8.15. The molecule has 0 radical (unpaired) electrons. The van der Waals surface area contributed by atoms with Crippen LogP contribution in [0, 0.1) is 6.92 Å². The third kappa shape index (κ3) is 4.44. The van der Waals surface area contributed by atoms with E-state index in [-0.39, 0.29) is 12.2 Å². The number of hydrogen-bond donors (Lipinski definition) is 2. The Morgan fingerprint density at radius 1 is 1.29 bits per heavy atom. The van der Waals surface area contributed by atoms with Crippen molar-refractivity contribution in [3.63, 3.8) is 0 Å². The molecular weight excluding hydrogens is 220 g/mol. The molecule has 4 nitrogen and oxygen atoms in total. The summed E-state index contributed by atoms with van der Waals surface area (Å²) in [7, 11) is 0. The lowest BCUT2D eigenvalue weighted by atomic mass is 10.1. The fourth-order valence-corrected chi connectivity index (χ4v) is 1.50. The van der Waals surface area contributed by atoms with Crippen LogP contribution in [0.1, 0.15) is 35.2 Å². The molecule has 0 aliphatic heterocycles. The lowest BCUT2D eigenvalue weighted by molar-refractivity contribution is 0.0695. The molecule has 0 spiro atoms. The van der Waals surface area contributed by atoms with E-state index in [2.05, 4.69) is 0 Å². The normalized spacial score (nSPS) is 10.2. The van der Waals surface area contributed by atoms with Crippen molar-refractivity contribution >= 4 is 5.97 Å². The molecule has 94 valence electrons. The Labute approximate surface area is 101 Å². The van der Waals surface area contributed by atoms with Crippen LogP contribution in [0.3, 0.4) is 0 Å². The number of benzene rings is 1. The monoisotopic (exact) mass is 238 g/mol. The Morgan fingerprint density at radius 3 is 2.71 bits per heavy atom. The molecule has 0 amide bonds. The zero-order chi connectivity index (χ0) is 12.7. The molecule has 2 N–H and O–H groups in total. The number of aliphatic hydroxyl groups excluding tert-OH is 1. The first-order valence-corrected chi connectivity index (χ1v) is 5.72. The standard InChI is InChI=1S/C13H18O4/c1-10-5-6-11(9-12(10)13(15)16)17-8-4-2-3-7-14/h5-6,9,14H,2-4,7-8H2,1H3,(H,15,16). The van der Waals surface area contributed by atoms with Crippen molar-refractivity contribution in [3.8, 4) is 5.75 Å². The zero-order valence-electron chi connectivity index (χ0n) is 9.98. The topological polar surface area (TPSA) is 66.8 Å². The maximum absolute atomic E-state index is 10.9. The number of unbranched alkanes of at least 4 members (excludes halogenated alkanes) is 2. The Hall–Kier alpha value is -1.55. The van der Waals surface area contributed by atoms with Gasteiger partial charge in [0.15, 0.2) is 0 Å². The zero-order valence-corrected chi connectivity index (χ0v) is 9.98. The average molecular weight is 238 g/mol. The summed E-state index contributed by atoms with van der Waals surface area (Å²) in [6, 6.07) is 5.06. The van der Waals surface area contributed by atoms with Crippen molar-refractivity contribution in [1.82, 2.24) is 0 Å². The molecule has 0 aliphatic carbocycles. The van der Waals surface area contributed by atoms with Crippen molar-refractivity contribution in [2.45, 2.75) is 26.2 Å². The third-order valence-electron chi connectivity index (χ3n) is 2.51. The van der Waals surface area contributed by atoms with E-state index in [1.54, 1.807) is 25.1 Å². The summed E-state index contributed by atoms with van der Waals surface area (Å²) in [5.74, 6) is -0.356. The fraction of sp³-hybridized carbons (Fsp3) is 0.462. The summed E-state index contributed by atoms with van der Waals surface area (Å²) in [5, 5.41) is 17.6. The van der Waals surface area contributed by atoms with Gasteiger partial charge in [-0.3, -0.25) is 0 Å². The van der Waals surface area contributed by atoms with Gasteiger partial charge in [-0.05, 0) is 43.9 Å². The van der Waals surface area contributed by atoms with Crippen LogP contribution in [0.2, 0.25) is 0 Å². The lowest BCUT2D eigenvalue weighted by Gasteiger charge is -2.08. The summed E-state index contributed by atoms with van der Waals surface area (Å²) in [5.41, 5.74) is 1.00. The molecule has 0 bridgehead atoms. The summed E-state index contributed by atoms with van der Waals surface area (Å²) < 4.78 is 5.45. The predicted octanol–water partition coefficient (Wildman–Crippen LogP) is 2.23. The van der Waals surface area contributed by atoms with E-state index in [0.717, 1.165) is 24.8 Å². The average Bonchev–Trinajstić information content (AvgIpc) is 2.30. The molecule has 0 aliphatic rings. The summed E-state index contributed by atoms with van der Waals surface area (Å²) in [4.78, 5) is 10.9. The van der Waals surface area contributed by atoms with Gasteiger partial charge in [0.1, 0.15) is 5.75 Å². The highest BCUT2D eigenvalue weighted by atomic mass is 16.5. The van der Waals surface area contributed by atoms with Crippen LogP contribution < -0.4 is 4.74 Å². The van der Waals surface area contributed by atoms with Crippen LogP contribution in [0.25, 0.3) is 0 Å². The maximum atomic E-state index is 10.9.